The van der Waals surface area contributed by atoms with Crippen LogP contribution in [0.25, 0.3) is 11.4 Å². The number of hydrogen-bond donors (Lipinski definition) is 0. The summed E-state index contributed by atoms with van der Waals surface area (Å²) in [7, 11) is 0. The molecule has 1 atom stereocenters. The van der Waals surface area contributed by atoms with Crippen LogP contribution in [0.5, 0.6) is 0 Å². The number of aromatic nitrogens is 4. The summed E-state index contributed by atoms with van der Waals surface area (Å²) in [6.07, 6.45) is 1.84. The molecule has 0 N–H and O–H groups in total. The van der Waals surface area contributed by atoms with E-state index in [1.807, 2.05) is 68.3 Å². The lowest BCUT2D eigenvalue weighted by Gasteiger charge is -2.21. The summed E-state index contributed by atoms with van der Waals surface area (Å²) in [6, 6.07) is 11.5. The fraction of sp³-hybridized carbons (Fsp3) is 0.300. The highest BCUT2D eigenvalue weighted by Crippen LogP contribution is 2.26. The highest BCUT2D eigenvalue weighted by Gasteiger charge is 2.30. The number of nitrogens with zero attached hydrogens (tertiary/aromatic N) is 5. The van der Waals surface area contributed by atoms with Crippen LogP contribution >= 0.6 is 0 Å². The Morgan fingerprint density at radius 3 is 2.62 bits per heavy atom. The molecule has 1 amide bonds. The van der Waals surface area contributed by atoms with E-state index in [0.29, 0.717) is 18.9 Å². The third kappa shape index (κ3) is 2.87. The monoisotopic (exact) mass is 347 g/mol. The van der Waals surface area contributed by atoms with E-state index in [1.165, 1.54) is 0 Å². The molecular weight excluding hydrogens is 326 g/mol. The maximum atomic E-state index is 12.9. The predicted molar refractivity (Wildman–Crippen MR) is 98.1 cm³/mol. The van der Waals surface area contributed by atoms with Crippen molar-refractivity contribution in [3.63, 3.8) is 0 Å². The average Bonchev–Trinajstić information content (AvgIpc) is 3.23. The van der Waals surface area contributed by atoms with E-state index in [-0.39, 0.29) is 11.9 Å². The molecule has 0 fully saturated rings. The van der Waals surface area contributed by atoms with Gasteiger partial charge in [-0.05, 0) is 26.8 Å². The van der Waals surface area contributed by atoms with E-state index >= 15 is 0 Å². The van der Waals surface area contributed by atoms with Crippen LogP contribution in [-0.2, 0) is 17.9 Å². The molecule has 1 aromatic carbocycles. The Bertz CT molecular complexity index is 964. The van der Waals surface area contributed by atoms with Crippen molar-refractivity contribution < 1.29 is 4.79 Å². The van der Waals surface area contributed by atoms with Crippen LogP contribution in [0.4, 0.5) is 0 Å². The minimum absolute atomic E-state index is 0.0514. The fourth-order valence-electron chi connectivity index (χ4n) is 3.44. The van der Waals surface area contributed by atoms with Gasteiger partial charge in [0.15, 0.2) is 5.82 Å². The molecule has 6 heteroatoms. The maximum absolute atomic E-state index is 12.9. The number of fused-ring (bicyclic) bond motifs is 1. The van der Waals surface area contributed by atoms with Gasteiger partial charge in [0, 0.05) is 29.6 Å². The second-order valence-electron chi connectivity index (χ2n) is 6.77. The molecule has 0 saturated carbocycles. The van der Waals surface area contributed by atoms with Crippen molar-refractivity contribution in [1.82, 2.24) is 24.6 Å². The quantitative estimate of drug-likeness (QED) is 0.730. The molecule has 0 spiro atoms. The molecule has 6 nitrogen and oxygen atoms in total. The standard InChI is InChI=1S/C20H21N5O/c1-13-9-14(2)25(23-13)15(3)20(26)24-11-17-10-21-19(22-18(17)12-24)16-7-5-4-6-8-16/h4-10,15H,11-12H2,1-3H3/t15-/m1/s1. The molecule has 0 saturated heterocycles. The summed E-state index contributed by atoms with van der Waals surface area (Å²) in [5.74, 6) is 0.751. The topological polar surface area (TPSA) is 63.9 Å². The smallest absolute Gasteiger partial charge is 0.247 e. The first-order chi connectivity index (χ1) is 12.5. The lowest BCUT2D eigenvalue weighted by molar-refractivity contribution is -0.135. The molecule has 0 unspecified atom stereocenters. The van der Waals surface area contributed by atoms with Crippen LogP contribution in [0.2, 0.25) is 0 Å². The van der Waals surface area contributed by atoms with Crippen LogP contribution in [-0.4, -0.2) is 30.6 Å². The summed E-state index contributed by atoms with van der Waals surface area (Å²) < 4.78 is 1.79. The third-order valence-corrected chi connectivity index (χ3v) is 4.77. The number of amides is 1. The summed E-state index contributed by atoms with van der Waals surface area (Å²) in [5, 5.41) is 4.45. The van der Waals surface area contributed by atoms with Crippen LogP contribution < -0.4 is 0 Å². The Balaban J connectivity index is 1.55. The number of rotatable bonds is 3. The first kappa shape index (κ1) is 16.4. The molecule has 0 aliphatic carbocycles. The molecule has 3 heterocycles. The van der Waals surface area contributed by atoms with Gasteiger partial charge < -0.3 is 4.90 Å². The lowest BCUT2D eigenvalue weighted by atomic mass is 10.2. The van der Waals surface area contributed by atoms with Gasteiger partial charge in [0.05, 0.1) is 17.9 Å². The van der Waals surface area contributed by atoms with E-state index in [0.717, 1.165) is 28.2 Å². The average molecular weight is 347 g/mol. The highest BCUT2D eigenvalue weighted by molar-refractivity contribution is 5.80. The van der Waals surface area contributed by atoms with Crippen molar-refractivity contribution in [2.45, 2.75) is 39.9 Å². The van der Waals surface area contributed by atoms with E-state index in [4.69, 9.17) is 0 Å². The summed E-state index contributed by atoms with van der Waals surface area (Å²) >= 11 is 0. The van der Waals surface area contributed by atoms with Gasteiger partial charge in [-0.3, -0.25) is 9.48 Å². The summed E-state index contributed by atoms with van der Waals surface area (Å²) in [4.78, 5) is 23.9. The molecule has 26 heavy (non-hydrogen) atoms. The SMILES string of the molecule is Cc1cc(C)n([C@H](C)C(=O)N2Cc3cnc(-c4ccccc4)nc3C2)n1. The Hall–Kier alpha value is -3.02. The zero-order valence-electron chi connectivity index (χ0n) is 15.2. The molecule has 2 aromatic heterocycles. The number of carbonyl (C=O) groups is 1. The Morgan fingerprint density at radius 2 is 1.92 bits per heavy atom. The first-order valence-corrected chi connectivity index (χ1v) is 8.74. The normalized spacial score (nSPS) is 14.3. The van der Waals surface area contributed by atoms with E-state index in [9.17, 15) is 4.79 Å². The van der Waals surface area contributed by atoms with Crippen LogP contribution in [0.3, 0.4) is 0 Å². The van der Waals surface area contributed by atoms with Crippen molar-refractivity contribution in [2.24, 2.45) is 0 Å². The van der Waals surface area contributed by atoms with Gasteiger partial charge in [-0.1, -0.05) is 30.3 Å². The predicted octanol–water partition coefficient (Wildman–Crippen LogP) is 3.06. The third-order valence-electron chi connectivity index (χ3n) is 4.77. The zero-order valence-corrected chi connectivity index (χ0v) is 15.2. The zero-order chi connectivity index (χ0) is 18.3. The van der Waals surface area contributed by atoms with Gasteiger partial charge >= 0.3 is 0 Å². The molecule has 4 rings (SSSR count). The van der Waals surface area contributed by atoms with Crippen molar-refractivity contribution in [2.75, 3.05) is 0 Å². The van der Waals surface area contributed by atoms with Crippen molar-refractivity contribution in [3.05, 3.63) is 65.2 Å². The molecule has 0 bridgehead atoms. The van der Waals surface area contributed by atoms with Crippen LogP contribution in [0.15, 0.2) is 42.6 Å². The number of aryl methyl sites for hydroxylation is 2. The van der Waals surface area contributed by atoms with E-state index in [1.54, 1.807) is 4.68 Å². The second-order valence-corrected chi connectivity index (χ2v) is 6.77. The lowest BCUT2D eigenvalue weighted by Crippen LogP contribution is -2.33. The Kier molecular flexibility index (Phi) is 4.03. The number of benzene rings is 1. The Labute approximate surface area is 152 Å². The minimum atomic E-state index is -0.334. The van der Waals surface area contributed by atoms with E-state index < -0.39 is 0 Å². The number of carbonyl (C=O) groups excluding carboxylic acids is 1. The van der Waals surface area contributed by atoms with Crippen LogP contribution in [0.1, 0.15) is 35.6 Å². The summed E-state index contributed by atoms with van der Waals surface area (Å²) in [5.41, 5.74) is 4.83. The van der Waals surface area contributed by atoms with Gasteiger partial charge in [-0.15, -0.1) is 0 Å². The van der Waals surface area contributed by atoms with Crippen LogP contribution in [0, 0.1) is 13.8 Å². The van der Waals surface area contributed by atoms with Gasteiger partial charge in [0.25, 0.3) is 0 Å². The van der Waals surface area contributed by atoms with Gasteiger partial charge in [0.2, 0.25) is 5.91 Å². The van der Waals surface area contributed by atoms with Crippen molar-refractivity contribution in [1.29, 1.82) is 0 Å². The largest absolute Gasteiger partial charge is 0.330 e. The Morgan fingerprint density at radius 1 is 1.15 bits per heavy atom. The molecular formula is C20H21N5O. The van der Waals surface area contributed by atoms with E-state index in [2.05, 4.69) is 15.1 Å². The minimum Gasteiger partial charge on any atom is -0.330 e. The van der Waals surface area contributed by atoms with Gasteiger partial charge in [0.1, 0.15) is 6.04 Å². The maximum Gasteiger partial charge on any atom is 0.247 e. The first-order valence-electron chi connectivity index (χ1n) is 8.74. The molecule has 1 aliphatic rings. The van der Waals surface area contributed by atoms with Crippen molar-refractivity contribution in [3.8, 4) is 11.4 Å². The number of hydrogen-bond acceptors (Lipinski definition) is 4. The van der Waals surface area contributed by atoms with Gasteiger partial charge in [-0.2, -0.15) is 5.10 Å². The summed E-state index contributed by atoms with van der Waals surface area (Å²) in [6.45, 7) is 6.87. The molecule has 132 valence electrons. The fourth-order valence-corrected chi connectivity index (χ4v) is 3.44. The second kappa shape index (κ2) is 6.37. The van der Waals surface area contributed by atoms with Crippen molar-refractivity contribution >= 4 is 5.91 Å². The van der Waals surface area contributed by atoms with Gasteiger partial charge in [-0.25, -0.2) is 9.97 Å². The molecule has 1 aliphatic heterocycles. The molecule has 0 radical (unpaired) electrons. The highest BCUT2D eigenvalue weighted by atomic mass is 16.2. The molecule has 3 aromatic rings.